The summed E-state index contributed by atoms with van der Waals surface area (Å²) in [5, 5.41) is 0. The number of halogens is 3. The van der Waals surface area contributed by atoms with E-state index in [2.05, 4.69) is 11.8 Å². The number of hydrogen-bond acceptors (Lipinski definition) is 2. The van der Waals surface area contributed by atoms with E-state index in [0.717, 1.165) is 38.8 Å². The fourth-order valence-corrected chi connectivity index (χ4v) is 5.41. The summed E-state index contributed by atoms with van der Waals surface area (Å²) in [5.41, 5.74) is 0.712. The number of hydrogen-bond donors (Lipinski definition) is 0. The molecule has 1 amide bonds. The summed E-state index contributed by atoms with van der Waals surface area (Å²) in [6.07, 6.45) is 4.52. The minimum atomic E-state index is -1.18. The maximum Gasteiger partial charge on any atom is 0.256 e. The Kier molecular flexibility index (Phi) is 7.89. The molecule has 0 N–H and O–H groups in total. The predicted molar refractivity (Wildman–Crippen MR) is 134 cm³/mol. The Morgan fingerprint density at radius 3 is 2.20 bits per heavy atom. The summed E-state index contributed by atoms with van der Waals surface area (Å²) in [7, 11) is 0. The molecule has 2 fully saturated rings. The largest absolute Gasteiger partial charge is 0.338 e. The zero-order chi connectivity index (χ0) is 25.2. The molecule has 35 heavy (non-hydrogen) atoms. The van der Waals surface area contributed by atoms with E-state index in [9.17, 15) is 18.0 Å². The van der Waals surface area contributed by atoms with E-state index in [1.807, 2.05) is 6.07 Å². The minimum absolute atomic E-state index is 0.0704. The third kappa shape index (κ3) is 6.66. The molecule has 0 radical (unpaired) electrons. The Morgan fingerprint density at radius 2 is 1.63 bits per heavy atom. The highest BCUT2D eigenvalue weighted by molar-refractivity contribution is 5.95. The molecular weight excluding hydrogens is 449 g/mol. The van der Waals surface area contributed by atoms with Crippen LogP contribution in [0.25, 0.3) is 11.1 Å². The van der Waals surface area contributed by atoms with Crippen LogP contribution in [0.3, 0.4) is 0 Å². The van der Waals surface area contributed by atoms with Gasteiger partial charge in [-0.25, -0.2) is 13.2 Å². The van der Waals surface area contributed by atoms with Gasteiger partial charge in [0.2, 0.25) is 0 Å². The lowest BCUT2D eigenvalue weighted by Gasteiger charge is -2.34. The summed E-state index contributed by atoms with van der Waals surface area (Å²) in [6.45, 7) is 8.86. The highest BCUT2D eigenvalue weighted by atomic mass is 19.1. The fraction of sp³-hybridized carbons (Fsp3) is 0.552. The highest BCUT2D eigenvalue weighted by Gasteiger charge is 2.27. The zero-order valence-corrected chi connectivity index (χ0v) is 21.1. The van der Waals surface area contributed by atoms with Crippen molar-refractivity contribution in [1.82, 2.24) is 9.80 Å². The molecule has 2 aliphatic heterocycles. The van der Waals surface area contributed by atoms with Gasteiger partial charge in [0, 0.05) is 19.6 Å². The average Bonchev–Trinajstić information content (AvgIpc) is 3.24. The van der Waals surface area contributed by atoms with Crippen molar-refractivity contribution in [3.8, 4) is 11.1 Å². The van der Waals surface area contributed by atoms with Crippen molar-refractivity contribution in [1.29, 1.82) is 0 Å². The van der Waals surface area contributed by atoms with Gasteiger partial charge in [-0.2, -0.15) is 0 Å². The normalized spacial score (nSPS) is 19.9. The lowest BCUT2D eigenvalue weighted by molar-refractivity contribution is 0.0783. The van der Waals surface area contributed by atoms with E-state index in [1.54, 1.807) is 30.9 Å². The Labute approximate surface area is 207 Å². The Hall–Kier alpha value is -2.34. The number of likely N-dealkylation sites (tertiary alicyclic amines) is 2. The number of aryl methyl sites for hydroxylation is 1. The van der Waals surface area contributed by atoms with Crippen LogP contribution in [0.5, 0.6) is 0 Å². The molecule has 3 nitrogen and oxygen atoms in total. The van der Waals surface area contributed by atoms with Crippen LogP contribution in [0, 0.1) is 23.5 Å². The molecule has 1 atom stereocenters. The Bertz CT molecular complexity index is 1040. The molecule has 4 rings (SSSR count). The van der Waals surface area contributed by atoms with Gasteiger partial charge in [-0.05, 0) is 106 Å². The maximum absolute atomic E-state index is 14.9. The molecule has 2 saturated heterocycles. The van der Waals surface area contributed by atoms with Crippen LogP contribution in [-0.2, 0) is 6.42 Å². The van der Waals surface area contributed by atoms with E-state index < -0.39 is 11.5 Å². The SMILES string of the molecule is CC1CCN(C(=O)c2ccc(-c3ccc(CCC4CCN(CC(C)(C)F)CC4)c(F)c3)cc2F)C1. The fourth-order valence-electron chi connectivity index (χ4n) is 5.41. The number of nitrogens with zero attached hydrogens (tertiary/aromatic N) is 2. The van der Waals surface area contributed by atoms with E-state index in [0.29, 0.717) is 54.6 Å². The van der Waals surface area contributed by atoms with Gasteiger partial charge in [0.05, 0.1) is 5.56 Å². The van der Waals surface area contributed by atoms with Gasteiger partial charge < -0.3 is 9.80 Å². The van der Waals surface area contributed by atoms with Crippen molar-refractivity contribution < 1.29 is 18.0 Å². The van der Waals surface area contributed by atoms with Gasteiger partial charge in [0.25, 0.3) is 5.91 Å². The molecular formula is C29H37F3N2O. The number of alkyl halides is 1. The minimum Gasteiger partial charge on any atom is -0.338 e. The standard InChI is InChI=1S/C29H37F3N2O/c1-20-10-15-34(18-20)28(35)25-9-8-24(17-27(25)31)23-7-6-22(26(30)16-23)5-4-21-11-13-33(14-12-21)19-29(2,3)32/h6-9,16-17,20-21H,4-5,10-15,18-19H2,1-3H3. The number of rotatable bonds is 7. The van der Waals surface area contributed by atoms with Gasteiger partial charge in [-0.1, -0.05) is 25.1 Å². The molecule has 190 valence electrons. The van der Waals surface area contributed by atoms with Gasteiger partial charge in [-0.15, -0.1) is 0 Å². The number of amides is 1. The summed E-state index contributed by atoms with van der Waals surface area (Å²) in [4.78, 5) is 16.5. The van der Waals surface area contributed by atoms with E-state index in [4.69, 9.17) is 0 Å². The van der Waals surface area contributed by atoms with Crippen LogP contribution in [0.1, 0.15) is 62.4 Å². The number of benzene rings is 2. The molecule has 2 heterocycles. The van der Waals surface area contributed by atoms with Gasteiger partial charge in [-0.3, -0.25) is 4.79 Å². The second-order valence-corrected chi connectivity index (χ2v) is 11.1. The number of carbonyl (C=O) groups is 1. The van der Waals surface area contributed by atoms with Crippen LogP contribution in [-0.4, -0.2) is 54.1 Å². The van der Waals surface area contributed by atoms with Crippen molar-refractivity contribution in [2.45, 2.75) is 58.5 Å². The molecule has 0 aromatic heterocycles. The molecule has 2 aliphatic rings. The first-order chi connectivity index (χ1) is 16.6. The molecule has 2 aromatic rings. The average molecular weight is 487 g/mol. The van der Waals surface area contributed by atoms with Crippen molar-refractivity contribution in [3.05, 3.63) is 59.2 Å². The summed E-state index contributed by atoms with van der Waals surface area (Å²) in [5.74, 6) is -0.181. The summed E-state index contributed by atoms with van der Waals surface area (Å²) >= 11 is 0. The lowest BCUT2D eigenvalue weighted by Crippen LogP contribution is -2.41. The first kappa shape index (κ1) is 25.7. The van der Waals surface area contributed by atoms with Crippen molar-refractivity contribution in [3.63, 3.8) is 0 Å². The second-order valence-electron chi connectivity index (χ2n) is 11.1. The highest BCUT2D eigenvalue weighted by Crippen LogP contribution is 2.28. The predicted octanol–water partition coefficient (Wildman–Crippen LogP) is 6.51. The monoisotopic (exact) mass is 486 g/mol. The third-order valence-electron chi connectivity index (χ3n) is 7.43. The first-order valence-electron chi connectivity index (χ1n) is 12.9. The molecule has 2 aromatic carbocycles. The van der Waals surface area contributed by atoms with Crippen LogP contribution >= 0.6 is 0 Å². The topological polar surface area (TPSA) is 23.6 Å². The lowest BCUT2D eigenvalue weighted by atomic mass is 9.89. The molecule has 0 bridgehead atoms. The van der Waals surface area contributed by atoms with Gasteiger partial charge >= 0.3 is 0 Å². The third-order valence-corrected chi connectivity index (χ3v) is 7.43. The van der Waals surface area contributed by atoms with E-state index >= 15 is 0 Å². The summed E-state index contributed by atoms with van der Waals surface area (Å²) < 4.78 is 43.6. The first-order valence-corrected chi connectivity index (χ1v) is 12.9. The maximum atomic E-state index is 14.9. The molecule has 6 heteroatoms. The molecule has 0 saturated carbocycles. The van der Waals surface area contributed by atoms with Gasteiger partial charge in [0.15, 0.2) is 0 Å². The van der Waals surface area contributed by atoms with Crippen molar-refractivity contribution in [2.24, 2.45) is 11.8 Å². The smallest absolute Gasteiger partial charge is 0.256 e. The molecule has 0 spiro atoms. The van der Waals surface area contributed by atoms with E-state index in [1.165, 1.54) is 18.2 Å². The quantitative estimate of drug-likeness (QED) is 0.446. The Morgan fingerprint density at radius 1 is 0.971 bits per heavy atom. The van der Waals surface area contributed by atoms with Crippen LogP contribution in [0.4, 0.5) is 13.2 Å². The number of piperidine rings is 1. The van der Waals surface area contributed by atoms with Crippen LogP contribution < -0.4 is 0 Å². The number of carbonyl (C=O) groups excluding carboxylic acids is 1. The molecule has 0 aliphatic carbocycles. The van der Waals surface area contributed by atoms with Gasteiger partial charge in [0.1, 0.15) is 17.3 Å². The Balaban J connectivity index is 1.34. The zero-order valence-electron chi connectivity index (χ0n) is 21.1. The van der Waals surface area contributed by atoms with E-state index in [-0.39, 0.29) is 17.3 Å². The van der Waals surface area contributed by atoms with Crippen molar-refractivity contribution >= 4 is 5.91 Å². The van der Waals surface area contributed by atoms with Crippen LogP contribution in [0.2, 0.25) is 0 Å². The van der Waals surface area contributed by atoms with Crippen molar-refractivity contribution in [2.75, 3.05) is 32.7 Å². The second kappa shape index (κ2) is 10.7. The van der Waals surface area contributed by atoms with Crippen LogP contribution in [0.15, 0.2) is 36.4 Å². The summed E-state index contributed by atoms with van der Waals surface area (Å²) in [6, 6.07) is 9.60. The molecule has 1 unspecified atom stereocenters.